The summed E-state index contributed by atoms with van der Waals surface area (Å²) >= 11 is 0. The van der Waals surface area contributed by atoms with Gasteiger partial charge in [0.15, 0.2) is 0 Å². The molecule has 0 bridgehead atoms. The first-order valence-corrected chi connectivity index (χ1v) is 12.0. The molecule has 33 heavy (non-hydrogen) atoms. The standard InChI is InChI=1S/C29H33NO3/c1-21-5-7-22(8-6-21)27-20-33-28-19-25(31-2)13-14-26(28)29(27)23-9-11-24(12-10-23)32-18-17-30-15-3-4-16-30/h5-14,19,27,29H,3-4,15-18,20H2,1-2H3. The van der Waals surface area contributed by atoms with E-state index in [4.69, 9.17) is 14.2 Å². The van der Waals surface area contributed by atoms with Gasteiger partial charge >= 0.3 is 0 Å². The number of ether oxygens (including phenoxy) is 3. The molecule has 0 aliphatic carbocycles. The van der Waals surface area contributed by atoms with Gasteiger partial charge in [-0.1, -0.05) is 48.0 Å². The van der Waals surface area contributed by atoms with Gasteiger partial charge < -0.3 is 14.2 Å². The number of hydrogen-bond acceptors (Lipinski definition) is 4. The Kier molecular flexibility index (Phi) is 6.54. The van der Waals surface area contributed by atoms with E-state index in [2.05, 4.69) is 66.4 Å². The average Bonchev–Trinajstić information content (AvgIpc) is 3.38. The van der Waals surface area contributed by atoms with Gasteiger partial charge in [-0.25, -0.2) is 0 Å². The van der Waals surface area contributed by atoms with Crippen LogP contribution in [-0.4, -0.2) is 44.9 Å². The molecular weight excluding hydrogens is 410 g/mol. The second kappa shape index (κ2) is 9.88. The summed E-state index contributed by atoms with van der Waals surface area (Å²) in [4.78, 5) is 2.48. The van der Waals surface area contributed by atoms with E-state index >= 15 is 0 Å². The summed E-state index contributed by atoms with van der Waals surface area (Å²) in [5, 5.41) is 0. The molecule has 0 amide bonds. The van der Waals surface area contributed by atoms with E-state index in [1.807, 2.05) is 12.1 Å². The van der Waals surface area contributed by atoms with Crippen LogP contribution in [0.25, 0.3) is 0 Å². The van der Waals surface area contributed by atoms with Crippen LogP contribution in [0.3, 0.4) is 0 Å². The number of benzene rings is 3. The maximum absolute atomic E-state index is 6.23. The zero-order valence-corrected chi connectivity index (χ0v) is 19.6. The summed E-state index contributed by atoms with van der Waals surface area (Å²) in [6, 6.07) is 23.7. The molecule has 0 N–H and O–H groups in total. The second-order valence-electron chi connectivity index (χ2n) is 9.18. The Hall–Kier alpha value is -2.98. The van der Waals surface area contributed by atoms with Crippen molar-refractivity contribution >= 4 is 0 Å². The Bertz CT molecular complexity index is 1060. The van der Waals surface area contributed by atoms with Crippen molar-refractivity contribution in [2.24, 2.45) is 0 Å². The van der Waals surface area contributed by atoms with Gasteiger partial charge in [-0.3, -0.25) is 4.90 Å². The summed E-state index contributed by atoms with van der Waals surface area (Å²) in [5.41, 5.74) is 5.06. The summed E-state index contributed by atoms with van der Waals surface area (Å²) in [5.74, 6) is 3.12. The van der Waals surface area contributed by atoms with Crippen LogP contribution < -0.4 is 14.2 Å². The molecule has 0 aromatic heterocycles. The number of fused-ring (bicyclic) bond motifs is 1. The highest BCUT2D eigenvalue weighted by atomic mass is 16.5. The quantitative estimate of drug-likeness (QED) is 0.463. The number of aryl methyl sites for hydroxylation is 1. The number of likely N-dealkylation sites (tertiary alicyclic amines) is 1. The van der Waals surface area contributed by atoms with Crippen molar-refractivity contribution in [3.05, 3.63) is 89.0 Å². The van der Waals surface area contributed by atoms with E-state index in [0.717, 1.165) is 30.4 Å². The molecule has 4 heteroatoms. The van der Waals surface area contributed by atoms with Gasteiger partial charge in [0.05, 0.1) is 13.7 Å². The summed E-state index contributed by atoms with van der Waals surface area (Å²) in [6.45, 7) is 6.93. The minimum atomic E-state index is 0.209. The predicted molar refractivity (Wildman–Crippen MR) is 132 cm³/mol. The first kappa shape index (κ1) is 21.8. The van der Waals surface area contributed by atoms with Crippen molar-refractivity contribution in [1.29, 1.82) is 0 Å². The van der Waals surface area contributed by atoms with E-state index < -0.39 is 0 Å². The molecule has 0 saturated carbocycles. The van der Waals surface area contributed by atoms with Crippen LogP contribution in [0.5, 0.6) is 17.2 Å². The molecule has 2 atom stereocenters. The monoisotopic (exact) mass is 443 g/mol. The minimum Gasteiger partial charge on any atom is -0.497 e. The lowest BCUT2D eigenvalue weighted by Crippen LogP contribution is -2.25. The van der Waals surface area contributed by atoms with Crippen molar-refractivity contribution in [2.45, 2.75) is 31.6 Å². The molecule has 3 aromatic carbocycles. The van der Waals surface area contributed by atoms with Gasteiger partial charge in [0.1, 0.15) is 23.9 Å². The lowest BCUT2D eigenvalue weighted by molar-refractivity contribution is 0.237. The molecule has 5 rings (SSSR count). The lowest BCUT2D eigenvalue weighted by Gasteiger charge is -2.34. The molecule has 2 unspecified atom stereocenters. The molecule has 2 heterocycles. The molecular formula is C29H33NO3. The SMILES string of the molecule is COc1ccc2c(c1)OCC(c1ccc(C)cc1)C2c1ccc(OCCN2CCCC2)cc1. The van der Waals surface area contributed by atoms with Crippen LogP contribution in [0, 0.1) is 6.92 Å². The number of methoxy groups -OCH3 is 1. The Labute approximate surface area is 197 Å². The van der Waals surface area contributed by atoms with Crippen LogP contribution in [0.1, 0.15) is 46.9 Å². The maximum atomic E-state index is 6.23. The Morgan fingerprint density at radius 2 is 1.58 bits per heavy atom. The highest BCUT2D eigenvalue weighted by Crippen LogP contribution is 2.47. The van der Waals surface area contributed by atoms with Crippen LogP contribution in [-0.2, 0) is 0 Å². The van der Waals surface area contributed by atoms with E-state index in [0.29, 0.717) is 6.61 Å². The van der Waals surface area contributed by atoms with E-state index in [9.17, 15) is 0 Å². The van der Waals surface area contributed by atoms with Crippen LogP contribution in [0.15, 0.2) is 66.7 Å². The van der Waals surface area contributed by atoms with Crippen LogP contribution in [0.4, 0.5) is 0 Å². The molecule has 172 valence electrons. The Morgan fingerprint density at radius 1 is 0.879 bits per heavy atom. The molecule has 3 aromatic rings. The summed E-state index contributed by atoms with van der Waals surface area (Å²) < 4.78 is 17.7. The van der Waals surface area contributed by atoms with Gasteiger partial charge in [-0.05, 0) is 62.2 Å². The molecule has 2 aliphatic heterocycles. The highest BCUT2D eigenvalue weighted by Gasteiger charge is 2.33. The third-order valence-corrected chi connectivity index (χ3v) is 7.00. The van der Waals surface area contributed by atoms with Crippen molar-refractivity contribution in [3.63, 3.8) is 0 Å². The first-order chi connectivity index (χ1) is 16.2. The number of hydrogen-bond donors (Lipinski definition) is 0. The molecule has 0 spiro atoms. The van der Waals surface area contributed by atoms with Gasteiger partial charge in [-0.2, -0.15) is 0 Å². The fraction of sp³-hybridized carbons (Fsp3) is 0.379. The third-order valence-electron chi connectivity index (χ3n) is 7.00. The van der Waals surface area contributed by atoms with Crippen molar-refractivity contribution in [3.8, 4) is 17.2 Å². The minimum absolute atomic E-state index is 0.209. The smallest absolute Gasteiger partial charge is 0.126 e. The van der Waals surface area contributed by atoms with Crippen molar-refractivity contribution < 1.29 is 14.2 Å². The second-order valence-corrected chi connectivity index (χ2v) is 9.18. The molecule has 1 saturated heterocycles. The van der Waals surface area contributed by atoms with Gasteiger partial charge in [0, 0.05) is 30.0 Å². The molecule has 0 radical (unpaired) electrons. The van der Waals surface area contributed by atoms with Crippen LogP contribution in [0.2, 0.25) is 0 Å². The van der Waals surface area contributed by atoms with Gasteiger partial charge in [0.2, 0.25) is 0 Å². The fourth-order valence-electron chi connectivity index (χ4n) is 5.10. The van der Waals surface area contributed by atoms with Crippen molar-refractivity contribution in [1.82, 2.24) is 4.90 Å². The molecule has 2 aliphatic rings. The third kappa shape index (κ3) is 4.86. The summed E-state index contributed by atoms with van der Waals surface area (Å²) in [6.07, 6.45) is 2.63. The predicted octanol–water partition coefficient (Wildman–Crippen LogP) is 5.79. The topological polar surface area (TPSA) is 30.9 Å². The highest BCUT2D eigenvalue weighted by molar-refractivity contribution is 5.51. The molecule has 4 nitrogen and oxygen atoms in total. The zero-order valence-electron chi connectivity index (χ0n) is 19.6. The van der Waals surface area contributed by atoms with E-state index in [-0.39, 0.29) is 11.8 Å². The van der Waals surface area contributed by atoms with E-state index in [1.165, 1.54) is 48.2 Å². The number of nitrogens with zero attached hydrogens (tertiary/aromatic N) is 1. The maximum Gasteiger partial charge on any atom is 0.126 e. The fourth-order valence-corrected chi connectivity index (χ4v) is 5.10. The Balaban J connectivity index is 1.40. The molecule has 1 fully saturated rings. The zero-order chi connectivity index (χ0) is 22.6. The largest absolute Gasteiger partial charge is 0.497 e. The first-order valence-electron chi connectivity index (χ1n) is 12.0. The van der Waals surface area contributed by atoms with Crippen LogP contribution >= 0.6 is 0 Å². The Morgan fingerprint density at radius 3 is 2.30 bits per heavy atom. The number of rotatable bonds is 7. The van der Waals surface area contributed by atoms with Crippen molar-refractivity contribution in [2.75, 3.05) is 40.0 Å². The lowest BCUT2D eigenvalue weighted by atomic mass is 9.76. The summed E-state index contributed by atoms with van der Waals surface area (Å²) in [7, 11) is 1.69. The average molecular weight is 444 g/mol. The van der Waals surface area contributed by atoms with Gasteiger partial charge in [0.25, 0.3) is 0 Å². The van der Waals surface area contributed by atoms with E-state index in [1.54, 1.807) is 7.11 Å². The normalized spacial score (nSPS) is 20.2. The van der Waals surface area contributed by atoms with Gasteiger partial charge in [-0.15, -0.1) is 0 Å².